The van der Waals surface area contributed by atoms with E-state index in [1.807, 2.05) is 36.2 Å². The quantitative estimate of drug-likeness (QED) is 0.732. The number of aliphatic hydroxyl groups excluding tert-OH is 1. The molecule has 0 spiro atoms. The van der Waals surface area contributed by atoms with Crippen molar-refractivity contribution in [3.05, 3.63) is 35.4 Å². The van der Waals surface area contributed by atoms with Gasteiger partial charge in [0.2, 0.25) is 0 Å². The normalized spacial score (nSPS) is 10.9. The summed E-state index contributed by atoms with van der Waals surface area (Å²) >= 11 is 0. The van der Waals surface area contributed by atoms with Crippen LogP contribution >= 0.6 is 0 Å². The Labute approximate surface area is 128 Å². The van der Waals surface area contributed by atoms with Crippen molar-refractivity contribution in [3.63, 3.8) is 0 Å². The van der Waals surface area contributed by atoms with Crippen LogP contribution in [0.4, 0.5) is 0 Å². The van der Waals surface area contributed by atoms with Gasteiger partial charge in [0.05, 0.1) is 6.61 Å². The molecule has 1 aromatic carbocycles. The molecule has 1 amide bonds. The number of aliphatic hydroxyl groups is 1. The molecule has 0 radical (unpaired) electrons. The van der Waals surface area contributed by atoms with Gasteiger partial charge in [0.1, 0.15) is 0 Å². The highest BCUT2D eigenvalue weighted by Crippen LogP contribution is 2.17. The summed E-state index contributed by atoms with van der Waals surface area (Å²) in [6, 6.07) is 7.95. The second-order valence-electron chi connectivity index (χ2n) is 5.20. The van der Waals surface area contributed by atoms with Gasteiger partial charge in [-0.15, -0.1) is 0 Å². The zero-order valence-electron chi connectivity index (χ0n) is 13.4. The lowest BCUT2D eigenvalue weighted by molar-refractivity contribution is 0.0621. The third kappa shape index (κ3) is 4.83. The van der Waals surface area contributed by atoms with Crippen LogP contribution in [0.15, 0.2) is 24.3 Å². The molecule has 118 valence electrons. The van der Waals surface area contributed by atoms with Crippen molar-refractivity contribution in [1.29, 1.82) is 0 Å². The molecule has 0 unspecified atom stereocenters. The number of benzene rings is 1. The fourth-order valence-electron chi connectivity index (χ4n) is 2.65. The topological polar surface area (TPSA) is 52.6 Å². The van der Waals surface area contributed by atoms with Gasteiger partial charge < -0.3 is 15.3 Å². The summed E-state index contributed by atoms with van der Waals surface area (Å²) in [6.07, 6.45) is 2.64. The standard InChI is InChI=1S/C17H28N2O2/c1-4-15(5-2)19(12-13-20)17(21)16-9-7-6-8-14(16)10-11-18-3/h6-9,15,18,20H,4-5,10-13H2,1-3H3. The van der Waals surface area contributed by atoms with E-state index in [0.29, 0.717) is 6.54 Å². The van der Waals surface area contributed by atoms with Crippen LogP contribution < -0.4 is 5.32 Å². The molecule has 21 heavy (non-hydrogen) atoms. The Morgan fingerprint density at radius 2 is 1.95 bits per heavy atom. The minimum absolute atomic E-state index is 0.000915. The van der Waals surface area contributed by atoms with Gasteiger partial charge in [-0.2, -0.15) is 0 Å². The number of nitrogens with zero attached hydrogens (tertiary/aromatic N) is 1. The Kier molecular flexibility index (Phi) is 8.01. The predicted octanol–water partition coefficient (Wildman–Crippen LogP) is 2.07. The summed E-state index contributed by atoms with van der Waals surface area (Å²) in [4.78, 5) is 14.7. The first-order chi connectivity index (χ1) is 10.2. The van der Waals surface area contributed by atoms with Crippen molar-refractivity contribution >= 4 is 5.91 Å². The molecule has 0 bridgehead atoms. The average Bonchev–Trinajstić information content (AvgIpc) is 2.52. The van der Waals surface area contributed by atoms with Gasteiger partial charge in [-0.05, 0) is 44.5 Å². The lowest BCUT2D eigenvalue weighted by Crippen LogP contribution is -2.42. The second kappa shape index (κ2) is 9.53. The van der Waals surface area contributed by atoms with Gasteiger partial charge in [0, 0.05) is 18.2 Å². The summed E-state index contributed by atoms with van der Waals surface area (Å²) in [7, 11) is 1.91. The molecular weight excluding hydrogens is 264 g/mol. The monoisotopic (exact) mass is 292 g/mol. The first kappa shape index (κ1) is 17.7. The molecule has 4 heteroatoms. The van der Waals surface area contributed by atoms with Gasteiger partial charge in [0.25, 0.3) is 5.91 Å². The Morgan fingerprint density at radius 1 is 1.29 bits per heavy atom. The minimum Gasteiger partial charge on any atom is -0.395 e. The summed E-state index contributed by atoms with van der Waals surface area (Å²) in [5.41, 5.74) is 1.82. The van der Waals surface area contributed by atoms with E-state index in [0.717, 1.165) is 36.9 Å². The summed E-state index contributed by atoms with van der Waals surface area (Å²) < 4.78 is 0. The fourth-order valence-corrected chi connectivity index (χ4v) is 2.65. The van der Waals surface area contributed by atoms with E-state index in [1.54, 1.807) is 0 Å². The smallest absolute Gasteiger partial charge is 0.254 e. The molecule has 1 rings (SSSR count). The SMILES string of the molecule is CCC(CC)N(CCO)C(=O)c1ccccc1CCNC. The molecule has 0 saturated carbocycles. The van der Waals surface area contributed by atoms with E-state index < -0.39 is 0 Å². The summed E-state index contributed by atoms with van der Waals surface area (Å²) in [5.74, 6) is 0.0319. The van der Waals surface area contributed by atoms with Crippen molar-refractivity contribution < 1.29 is 9.90 Å². The van der Waals surface area contributed by atoms with Gasteiger partial charge >= 0.3 is 0 Å². The maximum absolute atomic E-state index is 12.9. The van der Waals surface area contributed by atoms with E-state index in [9.17, 15) is 9.90 Å². The number of likely N-dealkylation sites (N-methyl/N-ethyl adjacent to an activating group) is 1. The first-order valence-corrected chi connectivity index (χ1v) is 7.83. The largest absolute Gasteiger partial charge is 0.395 e. The molecule has 0 aliphatic heterocycles. The van der Waals surface area contributed by atoms with E-state index in [1.165, 1.54) is 0 Å². The molecule has 4 nitrogen and oxygen atoms in total. The molecule has 0 fully saturated rings. The highest BCUT2D eigenvalue weighted by Gasteiger charge is 2.23. The molecule has 0 aliphatic carbocycles. The number of carbonyl (C=O) groups is 1. The van der Waals surface area contributed by atoms with Crippen molar-refractivity contribution in [2.24, 2.45) is 0 Å². The van der Waals surface area contributed by atoms with Crippen LogP contribution in [-0.2, 0) is 6.42 Å². The van der Waals surface area contributed by atoms with Crippen LogP contribution in [0.3, 0.4) is 0 Å². The van der Waals surface area contributed by atoms with Crippen LogP contribution in [0, 0.1) is 0 Å². The summed E-state index contributed by atoms with van der Waals surface area (Å²) in [6.45, 7) is 5.40. The average molecular weight is 292 g/mol. The van der Waals surface area contributed by atoms with Crippen LogP contribution in [0.5, 0.6) is 0 Å². The molecule has 0 atom stereocenters. The minimum atomic E-state index is 0.000915. The summed E-state index contributed by atoms with van der Waals surface area (Å²) in [5, 5.41) is 12.4. The Balaban J connectivity index is 3.02. The molecule has 2 N–H and O–H groups in total. The van der Waals surface area contributed by atoms with Crippen molar-refractivity contribution in [2.75, 3.05) is 26.7 Å². The zero-order chi connectivity index (χ0) is 15.7. The van der Waals surface area contributed by atoms with E-state index in [2.05, 4.69) is 19.2 Å². The number of amides is 1. The number of rotatable bonds is 9. The van der Waals surface area contributed by atoms with Crippen molar-refractivity contribution in [3.8, 4) is 0 Å². The Hall–Kier alpha value is -1.39. The lowest BCUT2D eigenvalue weighted by Gasteiger charge is -2.30. The number of nitrogens with one attached hydrogen (secondary N) is 1. The number of hydrogen-bond acceptors (Lipinski definition) is 3. The van der Waals surface area contributed by atoms with Gasteiger partial charge in [-0.3, -0.25) is 4.79 Å². The fraction of sp³-hybridized carbons (Fsp3) is 0.588. The first-order valence-electron chi connectivity index (χ1n) is 7.83. The second-order valence-corrected chi connectivity index (χ2v) is 5.20. The lowest BCUT2D eigenvalue weighted by atomic mass is 10.0. The molecule has 0 heterocycles. The highest BCUT2D eigenvalue weighted by atomic mass is 16.3. The maximum atomic E-state index is 12.9. The van der Waals surface area contributed by atoms with E-state index >= 15 is 0 Å². The van der Waals surface area contributed by atoms with E-state index in [-0.39, 0.29) is 18.6 Å². The van der Waals surface area contributed by atoms with Crippen LogP contribution in [-0.4, -0.2) is 48.7 Å². The molecule has 0 aliphatic rings. The number of hydrogen-bond donors (Lipinski definition) is 2. The maximum Gasteiger partial charge on any atom is 0.254 e. The zero-order valence-corrected chi connectivity index (χ0v) is 13.4. The highest BCUT2D eigenvalue weighted by molar-refractivity contribution is 5.96. The third-order valence-electron chi connectivity index (χ3n) is 3.88. The van der Waals surface area contributed by atoms with Crippen molar-refractivity contribution in [2.45, 2.75) is 39.2 Å². The van der Waals surface area contributed by atoms with Crippen LogP contribution in [0.2, 0.25) is 0 Å². The van der Waals surface area contributed by atoms with Crippen LogP contribution in [0.25, 0.3) is 0 Å². The number of carbonyl (C=O) groups excluding carboxylic acids is 1. The van der Waals surface area contributed by atoms with Gasteiger partial charge in [-0.25, -0.2) is 0 Å². The molecule has 0 saturated heterocycles. The van der Waals surface area contributed by atoms with Crippen molar-refractivity contribution in [1.82, 2.24) is 10.2 Å². The molecule has 1 aromatic rings. The van der Waals surface area contributed by atoms with E-state index in [4.69, 9.17) is 0 Å². The Morgan fingerprint density at radius 3 is 2.52 bits per heavy atom. The van der Waals surface area contributed by atoms with Gasteiger partial charge in [0.15, 0.2) is 0 Å². The van der Waals surface area contributed by atoms with Gasteiger partial charge in [-0.1, -0.05) is 32.0 Å². The Bertz CT molecular complexity index is 431. The predicted molar refractivity (Wildman–Crippen MR) is 86.6 cm³/mol. The third-order valence-corrected chi connectivity index (χ3v) is 3.88. The van der Waals surface area contributed by atoms with Crippen LogP contribution in [0.1, 0.15) is 42.6 Å². The molecular formula is C17H28N2O2. The molecule has 0 aromatic heterocycles.